The van der Waals surface area contributed by atoms with Crippen LogP contribution < -0.4 is 0 Å². The Morgan fingerprint density at radius 2 is 0.500 bits per heavy atom. The molecular weight excluding hydrogens is 532 g/mol. The molecular formula is C42H52N2. The molecule has 0 saturated heterocycles. The minimum Gasteiger partial charge on any atom is -0.340 e. The fraction of sp³-hybridized carbons (Fsp3) is 0.429. The van der Waals surface area contributed by atoms with Crippen molar-refractivity contribution in [2.45, 2.75) is 124 Å². The van der Waals surface area contributed by atoms with E-state index in [4.69, 9.17) is 0 Å². The summed E-state index contributed by atoms with van der Waals surface area (Å²) in [4.78, 5) is 0. The molecule has 2 heterocycles. The Morgan fingerprint density at radius 3 is 0.773 bits per heavy atom. The van der Waals surface area contributed by atoms with Crippen molar-refractivity contribution in [1.29, 1.82) is 0 Å². The van der Waals surface area contributed by atoms with Gasteiger partial charge in [-0.1, -0.05) is 0 Å². The van der Waals surface area contributed by atoms with Crippen LogP contribution in [-0.2, 0) is 13.1 Å². The van der Waals surface area contributed by atoms with Gasteiger partial charge in [-0.2, -0.15) is 0 Å². The molecule has 6 aromatic rings. The molecule has 0 spiro atoms. The number of fused-ring (bicyclic) bond motifs is 6. The van der Waals surface area contributed by atoms with E-state index in [0.29, 0.717) is 0 Å². The number of hydrogen-bond acceptors (Lipinski definition) is 0. The maximum absolute atomic E-state index is 2.61. The topological polar surface area (TPSA) is 9.86 Å². The second-order valence-corrected chi connectivity index (χ2v) is 13.9. The summed E-state index contributed by atoms with van der Waals surface area (Å²) in [5, 5.41) is 5.82. The van der Waals surface area contributed by atoms with Crippen molar-refractivity contribution in [3.8, 4) is 11.1 Å². The van der Waals surface area contributed by atoms with Crippen LogP contribution in [0, 0.1) is 96.9 Å². The van der Waals surface area contributed by atoms with Crippen LogP contribution in [0.1, 0.15) is 91.7 Å². The molecule has 0 saturated carbocycles. The van der Waals surface area contributed by atoms with E-state index in [1.54, 1.807) is 0 Å². The molecule has 2 heteroatoms. The standard InChI is InChI=1S/C42H52N2/c1-17-43-39-27(11)21(5)19(3)23(7)35(39)37-31(15)33(25(9)29(13)41(37)43)34-26(10)30(14)42-38(32(34)16)36-24(8)20(4)22(6)28(12)40(36)44(42)18-2/h17-18H2,1-16H3. The van der Waals surface area contributed by atoms with Crippen LogP contribution >= 0.6 is 0 Å². The lowest BCUT2D eigenvalue weighted by molar-refractivity contribution is 0.820. The van der Waals surface area contributed by atoms with Gasteiger partial charge in [-0.25, -0.2) is 0 Å². The average molecular weight is 585 g/mol. The van der Waals surface area contributed by atoms with Gasteiger partial charge in [-0.3, -0.25) is 0 Å². The molecule has 2 nitrogen and oxygen atoms in total. The van der Waals surface area contributed by atoms with Gasteiger partial charge >= 0.3 is 0 Å². The van der Waals surface area contributed by atoms with Gasteiger partial charge in [0, 0.05) is 34.6 Å². The highest BCUT2D eigenvalue weighted by Gasteiger charge is 2.28. The van der Waals surface area contributed by atoms with Gasteiger partial charge in [0.15, 0.2) is 0 Å². The van der Waals surface area contributed by atoms with Crippen molar-refractivity contribution in [2.75, 3.05) is 0 Å². The highest BCUT2D eigenvalue weighted by Crippen LogP contribution is 2.49. The quantitative estimate of drug-likeness (QED) is 0.196. The number of hydrogen-bond donors (Lipinski definition) is 0. The fourth-order valence-electron chi connectivity index (χ4n) is 9.04. The molecule has 0 aliphatic rings. The minimum absolute atomic E-state index is 0.971. The van der Waals surface area contributed by atoms with Crippen LogP contribution in [0.5, 0.6) is 0 Å². The molecule has 0 aliphatic heterocycles. The molecule has 2 aromatic heterocycles. The first kappa shape index (κ1) is 30.5. The maximum Gasteiger partial charge on any atom is 0.0526 e. The SMILES string of the molecule is CCn1c2c(C)c(C)c(C)c(C)c2c2c(C)c(-c3c(C)c(C)c4c(c3C)c3c(C)c(C)c(C)c(C)c3n4CC)c(C)c(C)c21. The van der Waals surface area contributed by atoms with Crippen LogP contribution in [0.4, 0.5) is 0 Å². The van der Waals surface area contributed by atoms with Crippen LogP contribution in [0.15, 0.2) is 0 Å². The molecule has 44 heavy (non-hydrogen) atoms. The molecule has 0 fully saturated rings. The smallest absolute Gasteiger partial charge is 0.0526 e. The summed E-state index contributed by atoms with van der Waals surface area (Å²) in [6.45, 7) is 39.4. The third-order valence-electron chi connectivity index (χ3n) is 12.3. The molecule has 6 rings (SSSR count). The van der Waals surface area contributed by atoms with E-state index >= 15 is 0 Å². The molecule has 230 valence electrons. The number of benzene rings is 4. The van der Waals surface area contributed by atoms with Crippen LogP contribution in [-0.4, -0.2) is 9.13 Å². The van der Waals surface area contributed by atoms with Gasteiger partial charge in [0.25, 0.3) is 0 Å². The summed E-state index contributed by atoms with van der Waals surface area (Å²) in [6, 6.07) is 0. The number of nitrogens with zero attached hydrogens (tertiary/aromatic N) is 2. The Morgan fingerprint density at radius 1 is 0.273 bits per heavy atom. The Bertz CT molecular complexity index is 2100. The van der Waals surface area contributed by atoms with Gasteiger partial charge < -0.3 is 9.13 Å². The van der Waals surface area contributed by atoms with Gasteiger partial charge in [0.05, 0.1) is 22.1 Å². The molecule has 0 aliphatic carbocycles. The van der Waals surface area contributed by atoms with Crippen molar-refractivity contribution in [3.05, 3.63) is 77.9 Å². The minimum atomic E-state index is 0.971. The van der Waals surface area contributed by atoms with Gasteiger partial charge in [-0.15, -0.1) is 0 Å². The molecule has 0 radical (unpaired) electrons. The number of aryl methyl sites for hydroxylation is 10. The Balaban J connectivity index is 1.91. The van der Waals surface area contributed by atoms with Crippen molar-refractivity contribution in [1.82, 2.24) is 9.13 Å². The van der Waals surface area contributed by atoms with E-state index in [1.165, 1.54) is 133 Å². The summed E-state index contributed by atoms with van der Waals surface area (Å²) < 4.78 is 5.22. The van der Waals surface area contributed by atoms with Gasteiger partial charge in [0.1, 0.15) is 0 Å². The predicted octanol–water partition coefficient (Wildman–Crippen LogP) is 11.9. The first-order valence-electron chi connectivity index (χ1n) is 16.7. The molecule has 0 N–H and O–H groups in total. The van der Waals surface area contributed by atoms with Crippen LogP contribution in [0.25, 0.3) is 54.7 Å². The first-order chi connectivity index (χ1) is 20.6. The maximum atomic E-state index is 2.61. The van der Waals surface area contributed by atoms with Crippen molar-refractivity contribution >= 4 is 43.6 Å². The monoisotopic (exact) mass is 584 g/mol. The van der Waals surface area contributed by atoms with E-state index in [-0.39, 0.29) is 0 Å². The summed E-state index contributed by atoms with van der Waals surface area (Å²) in [5.74, 6) is 0. The summed E-state index contributed by atoms with van der Waals surface area (Å²) in [7, 11) is 0. The second kappa shape index (κ2) is 9.99. The normalized spacial score (nSPS) is 12.3. The van der Waals surface area contributed by atoms with Crippen LogP contribution in [0.2, 0.25) is 0 Å². The summed E-state index contributed by atoms with van der Waals surface area (Å²) in [6.07, 6.45) is 0. The zero-order valence-electron chi connectivity index (χ0n) is 30.3. The Hall–Kier alpha value is -3.52. The van der Waals surface area contributed by atoms with Crippen molar-refractivity contribution in [3.63, 3.8) is 0 Å². The van der Waals surface area contributed by atoms with Gasteiger partial charge in [-0.05, 0) is 200 Å². The lowest BCUT2D eigenvalue weighted by atomic mass is 9.81. The third kappa shape index (κ3) is 3.49. The average Bonchev–Trinajstić information content (AvgIpc) is 3.54. The third-order valence-corrected chi connectivity index (χ3v) is 12.3. The van der Waals surface area contributed by atoms with E-state index in [1.807, 2.05) is 0 Å². The Kier molecular flexibility index (Phi) is 6.93. The number of aromatic nitrogens is 2. The zero-order valence-corrected chi connectivity index (χ0v) is 30.3. The van der Waals surface area contributed by atoms with Crippen molar-refractivity contribution in [2.24, 2.45) is 0 Å². The summed E-state index contributed by atoms with van der Waals surface area (Å²) in [5.41, 5.74) is 28.5. The fourth-order valence-corrected chi connectivity index (χ4v) is 9.04. The van der Waals surface area contributed by atoms with E-state index in [0.717, 1.165) is 13.1 Å². The predicted molar refractivity (Wildman–Crippen MR) is 196 cm³/mol. The number of rotatable bonds is 3. The zero-order chi connectivity index (χ0) is 32.4. The first-order valence-corrected chi connectivity index (χ1v) is 16.7. The Labute approximate surface area is 265 Å². The highest BCUT2D eigenvalue weighted by atomic mass is 15.0. The lowest BCUT2D eigenvalue weighted by Gasteiger charge is -2.23. The molecule has 0 bridgehead atoms. The molecule has 0 amide bonds. The molecule has 0 atom stereocenters. The molecule has 0 unspecified atom stereocenters. The summed E-state index contributed by atoms with van der Waals surface area (Å²) >= 11 is 0. The second-order valence-electron chi connectivity index (χ2n) is 13.9. The van der Waals surface area contributed by atoms with E-state index in [2.05, 4.69) is 120 Å². The molecule has 4 aromatic carbocycles. The highest BCUT2D eigenvalue weighted by molar-refractivity contribution is 6.19. The van der Waals surface area contributed by atoms with E-state index < -0.39 is 0 Å². The van der Waals surface area contributed by atoms with E-state index in [9.17, 15) is 0 Å². The van der Waals surface area contributed by atoms with Crippen molar-refractivity contribution < 1.29 is 0 Å². The van der Waals surface area contributed by atoms with Gasteiger partial charge in [0.2, 0.25) is 0 Å². The largest absolute Gasteiger partial charge is 0.340 e. The van der Waals surface area contributed by atoms with Crippen LogP contribution in [0.3, 0.4) is 0 Å². The lowest BCUT2D eigenvalue weighted by Crippen LogP contribution is -2.04.